The lowest BCUT2D eigenvalue weighted by Gasteiger charge is -2.12. The van der Waals surface area contributed by atoms with Gasteiger partial charge >= 0.3 is 0 Å². The van der Waals surface area contributed by atoms with Gasteiger partial charge in [-0.05, 0) is 38.8 Å². The highest BCUT2D eigenvalue weighted by Gasteiger charge is 2.28. The molecule has 76 valence electrons. The minimum Gasteiger partial charge on any atom is -0.367 e. The second-order valence-corrected chi connectivity index (χ2v) is 4.43. The van der Waals surface area contributed by atoms with Crippen LogP contribution in [0, 0.1) is 20.8 Å². The van der Waals surface area contributed by atoms with Gasteiger partial charge in [0, 0.05) is 23.2 Å². The molecule has 2 nitrogen and oxygen atoms in total. The zero-order valence-corrected chi connectivity index (χ0v) is 9.60. The van der Waals surface area contributed by atoms with Crippen LogP contribution >= 0.6 is 0 Å². The van der Waals surface area contributed by atoms with Crippen molar-refractivity contribution in [3.05, 3.63) is 22.4 Å². The average molecular weight is 190 g/mol. The molecule has 0 aromatic carbocycles. The summed E-state index contributed by atoms with van der Waals surface area (Å²) < 4.78 is 0. The molecule has 1 aromatic heterocycles. The Labute approximate surface area is 85.7 Å². The van der Waals surface area contributed by atoms with Crippen molar-refractivity contribution in [3.63, 3.8) is 0 Å². The molecule has 14 heavy (non-hydrogen) atoms. The van der Waals surface area contributed by atoms with Crippen LogP contribution in [0.5, 0.6) is 0 Å². The van der Waals surface area contributed by atoms with Gasteiger partial charge in [0.05, 0.1) is 0 Å². The number of aryl methyl sites for hydroxylation is 1. The van der Waals surface area contributed by atoms with Crippen molar-refractivity contribution in [1.29, 1.82) is 0 Å². The van der Waals surface area contributed by atoms with Crippen LogP contribution in [0.25, 0.3) is 0 Å². The van der Waals surface area contributed by atoms with Gasteiger partial charge in [-0.25, -0.2) is 4.98 Å². The van der Waals surface area contributed by atoms with E-state index in [9.17, 15) is 0 Å². The third kappa shape index (κ3) is 1.13. The van der Waals surface area contributed by atoms with E-state index in [1.165, 1.54) is 16.7 Å². The summed E-state index contributed by atoms with van der Waals surface area (Å²) in [4.78, 5) is 4.60. The third-order valence-electron chi connectivity index (χ3n) is 3.61. The van der Waals surface area contributed by atoms with Crippen LogP contribution in [0.4, 0.5) is 5.82 Å². The molecular weight excluding hydrogens is 172 g/mol. The lowest BCUT2D eigenvalue weighted by Crippen LogP contribution is -2.13. The van der Waals surface area contributed by atoms with E-state index in [0.717, 1.165) is 11.5 Å². The molecule has 2 rings (SSSR count). The number of pyridine rings is 1. The molecule has 0 spiro atoms. The zero-order chi connectivity index (χ0) is 10.5. The maximum atomic E-state index is 4.60. The Kier molecular flexibility index (Phi) is 2.02. The highest BCUT2D eigenvalue weighted by Crippen LogP contribution is 2.37. The lowest BCUT2D eigenvalue weighted by molar-refractivity contribution is 0.686. The Hall–Kier alpha value is -1.05. The minimum absolute atomic E-state index is 0.511. The number of aromatic nitrogens is 1. The predicted octanol–water partition coefficient (Wildman–Crippen LogP) is 2.92. The number of hydrogen-bond donors (Lipinski definition) is 1. The van der Waals surface area contributed by atoms with Gasteiger partial charge in [0.25, 0.3) is 0 Å². The molecule has 1 N–H and O–H groups in total. The fourth-order valence-corrected chi connectivity index (χ4v) is 2.22. The van der Waals surface area contributed by atoms with E-state index in [1.807, 2.05) is 0 Å². The Balaban J connectivity index is 2.65. The maximum absolute atomic E-state index is 4.60. The van der Waals surface area contributed by atoms with Crippen LogP contribution in [0.3, 0.4) is 0 Å². The van der Waals surface area contributed by atoms with Crippen molar-refractivity contribution in [2.45, 2.75) is 46.6 Å². The number of anilines is 1. The van der Waals surface area contributed by atoms with Crippen LogP contribution < -0.4 is 5.32 Å². The SMILES string of the molecule is Cc1nc2c(c(C)c1C)C(C)C(C)N2. The fraction of sp³-hybridized carbons (Fsp3) is 0.583. The molecule has 0 fully saturated rings. The highest BCUT2D eigenvalue weighted by atomic mass is 15.1. The van der Waals surface area contributed by atoms with E-state index in [4.69, 9.17) is 0 Å². The quantitative estimate of drug-likeness (QED) is 0.680. The van der Waals surface area contributed by atoms with Crippen molar-refractivity contribution in [3.8, 4) is 0 Å². The van der Waals surface area contributed by atoms with Crippen molar-refractivity contribution in [2.24, 2.45) is 0 Å². The fourth-order valence-electron chi connectivity index (χ4n) is 2.22. The highest BCUT2D eigenvalue weighted by molar-refractivity contribution is 5.59. The molecule has 1 aromatic rings. The van der Waals surface area contributed by atoms with Gasteiger partial charge in [-0.1, -0.05) is 6.92 Å². The molecule has 2 heterocycles. The first kappa shape index (κ1) is 9.50. The van der Waals surface area contributed by atoms with Crippen molar-refractivity contribution in [2.75, 3.05) is 5.32 Å². The molecule has 0 aliphatic carbocycles. The van der Waals surface area contributed by atoms with E-state index < -0.39 is 0 Å². The Morgan fingerprint density at radius 3 is 2.36 bits per heavy atom. The molecular formula is C12H18N2. The minimum atomic E-state index is 0.511. The molecule has 2 heteroatoms. The number of rotatable bonds is 0. The van der Waals surface area contributed by atoms with Crippen LogP contribution in [0.15, 0.2) is 0 Å². The standard InChI is InChI=1S/C12H18N2/c1-6-7(2)11-8(3)10(5)14-12(11)13-9(6)4/h8,10H,1-5H3,(H,13,14). The summed E-state index contributed by atoms with van der Waals surface area (Å²) in [7, 11) is 0. The summed E-state index contributed by atoms with van der Waals surface area (Å²) in [6.45, 7) is 10.9. The first-order chi connectivity index (χ1) is 6.52. The summed E-state index contributed by atoms with van der Waals surface area (Å²) in [5.41, 5.74) is 5.32. The van der Waals surface area contributed by atoms with Gasteiger partial charge < -0.3 is 5.32 Å². The monoisotopic (exact) mass is 190 g/mol. The van der Waals surface area contributed by atoms with Gasteiger partial charge in [0.15, 0.2) is 0 Å². The maximum Gasteiger partial charge on any atom is 0.130 e. The number of nitrogens with zero attached hydrogens (tertiary/aromatic N) is 1. The van der Waals surface area contributed by atoms with Gasteiger partial charge in [-0.3, -0.25) is 0 Å². The molecule has 0 radical (unpaired) electrons. The lowest BCUT2D eigenvalue weighted by atomic mass is 9.93. The largest absolute Gasteiger partial charge is 0.367 e. The average Bonchev–Trinajstić information content (AvgIpc) is 2.39. The van der Waals surface area contributed by atoms with Crippen LogP contribution in [0.1, 0.15) is 42.1 Å². The van der Waals surface area contributed by atoms with E-state index in [2.05, 4.69) is 44.9 Å². The molecule has 1 aliphatic rings. The van der Waals surface area contributed by atoms with Crippen molar-refractivity contribution < 1.29 is 0 Å². The first-order valence-corrected chi connectivity index (χ1v) is 5.26. The molecule has 0 amide bonds. The summed E-state index contributed by atoms with van der Waals surface area (Å²) in [6, 6.07) is 0.511. The van der Waals surface area contributed by atoms with Crippen LogP contribution in [-0.4, -0.2) is 11.0 Å². The zero-order valence-electron chi connectivity index (χ0n) is 9.60. The molecule has 2 atom stereocenters. The molecule has 0 saturated carbocycles. The smallest absolute Gasteiger partial charge is 0.130 e. The van der Waals surface area contributed by atoms with Gasteiger partial charge in [-0.2, -0.15) is 0 Å². The number of hydrogen-bond acceptors (Lipinski definition) is 2. The Bertz CT molecular complexity index is 382. The first-order valence-electron chi connectivity index (χ1n) is 5.26. The van der Waals surface area contributed by atoms with E-state index in [0.29, 0.717) is 12.0 Å². The third-order valence-corrected chi connectivity index (χ3v) is 3.61. The molecule has 0 saturated heterocycles. The molecule has 1 aliphatic heterocycles. The van der Waals surface area contributed by atoms with E-state index in [1.54, 1.807) is 0 Å². The van der Waals surface area contributed by atoms with Crippen LogP contribution in [-0.2, 0) is 0 Å². The van der Waals surface area contributed by atoms with E-state index in [-0.39, 0.29) is 0 Å². The predicted molar refractivity (Wildman–Crippen MR) is 59.9 cm³/mol. The summed E-state index contributed by atoms with van der Waals surface area (Å²) in [6.07, 6.45) is 0. The van der Waals surface area contributed by atoms with Gasteiger partial charge in [0.2, 0.25) is 0 Å². The second-order valence-electron chi connectivity index (χ2n) is 4.43. The Morgan fingerprint density at radius 2 is 1.71 bits per heavy atom. The van der Waals surface area contributed by atoms with Crippen molar-refractivity contribution >= 4 is 5.82 Å². The van der Waals surface area contributed by atoms with Gasteiger partial charge in [0.1, 0.15) is 5.82 Å². The number of nitrogens with one attached hydrogen (secondary N) is 1. The van der Waals surface area contributed by atoms with E-state index >= 15 is 0 Å². The second kappa shape index (κ2) is 2.97. The number of fused-ring (bicyclic) bond motifs is 1. The van der Waals surface area contributed by atoms with Crippen molar-refractivity contribution in [1.82, 2.24) is 4.98 Å². The Morgan fingerprint density at radius 1 is 1.07 bits per heavy atom. The normalized spacial score (nSPS) is 24.6. The molecule has 0 bridgehead atoms. The van der Waals surface area contributed by atoms with Crippen LogP contribution in [0.2, 0.25) is 0 Å². The summed E-state index contributed by atoms with van der Waals surface area (Å²) in [5.74, 6) is 1.68. The summed E-state index contributed by atoms with van der Waals surface area (Å²) in [5, 5.41) is 3.44. The van der Waals surface area contributed by atoms with Gasteiger partial charge in [-0.15, -0.1) is 0 Å². The topological polar surface area (TPSA) is 24.9 Å². The molecule has 2 unspecified atom stereocenters. The summed E-state index contributed by atoms with van der Waals surface area (Å²) >= 11 is 0.